The normalized spacial score (nSPS) is 14.6. The molecule has 6 nitrogen and oxygen atoms in total. The molecule has 7 heteroatoms. The van der Waals surface area contributed by atoms with Crippen LogP contribution in [0.3, 0.4) is 0 Å². The molecule has 118 valence electrons. The SMILES string of the molecule is Cn1nc(N2CCOCC2)cc1C(=O)c1cc(C#N)ccc1Cl. The van der Waals surface area contributed by atoms with Crippen LogP contribution in [0.2, 0.25) is 5.02 Å². The Balaban J connectivity index is 1.94. The second-order valence-corrected chi connectivity index (χ2v) is 5.65. The summed E-state index contributed by atoms with van der Waals surface area (Å²) in [7, 11) is 1.72. The molecule has 0 atom stereocenters. The molecule has 1 aromatic carbocycles. The Labute approximate surface area is 138 Å². The summed E-state index contributed by atoms with van der Waals surface area (Å²) in [6, 6.07) is 8.42. The minimum atomic E-state index is -0.249. The predicted octanol–water partition coefficient (Wildman–Crippen LogP) is 2.01. The van der Waals surface area contributed by atoms with E-state index in [1.807, 2.05) is 6.07 Å². The van der Waals surface area contributed by atoms with E-state index in [2.05, 4.69) is 10.00 Å². The van der Waals surface area contributed by atoms with Gasteiger partial charge in [-0.15, -0.1) is 0 Å². The molecule has 0 saturated carbocycles. The van der Waals surface area contributed by atoms with Crippen LogP contribution < -0.4 is 4.90 Å². The average Bonchev–Trinajstić information content (AvgIpc) is 2.97. The van der Waals surface area contributed by atoms with E-state index in [9.17, 15) is 4.79 Å². The number of ether oxygens (including phenoxy) is 1. The van der Waals surface area contributed by atoms with Gasteiger partial charge in [0.25, 0.3) is 0 Å². The number of halogens is 1. The molecule has 0 aliphatic carbocycles. The van der Waals surface area contributed by atoms with Gasteiger partial charge in [-0.3, -0.25) is 9.48 Å². The number of ketones is 1. The number of carbonyl (C=O) groups is 1. The van der Waals surface area contributed by atoms with E-state index in [0.717, 1.165) is 18.9 Å². The molecule has 0 bridgehead atoms. The lowest BCUT2D eigenvalue weighted by Crippen LogP contribution is -2.36. The van der Waals surface area contributed by atoms with Crippen molar-refractivity contribution < 1.29 is 9.53 Å². The van der Waals surface area contributed by atoms with Gasteiger partial charge in [-0.2, -0.15) is 10.4 Å². The minimum absolute atomic E-state index is 0.249. The number of aryl methyl sites for hydroxylation is 1. The summed E-state index contributed by atoms with van der Waals surface area (Å²) in [5, 5.41) is 13.7. The fourth-order valence-electron chi connectivity index (χ4n) is 2.52. The Kier molecular flexibility index (Phi) is 4.33. The van der Waals surface area contributed by atoms with E-state index < -0.39 is 0 Å². The van der Waals surface area contributed by atoms with Gasteiger partial charge in [0, 0.05) is 31.8 Å². The molecular weight excluding hydrogens is 316 g/mol. The standard InChI is InChI=1S/C16H15ClN4O2/c1-20-14(9-15(19-20)21-4-6-23-7-5-21)16(22)12-8-11(10-18)2-3-13(12)17/h2-3,8-9H,4-7H2,1H3. The molecule has 1 aliphatic heterocycles. The summed E-state index contributed by atoms with van der Waals surface area (Å²) >= 11 is 6.12. The molecular formula is C16H15ClN4O2. The van der Waals surface area contributed by atoms with Crippen molar-refractivity contribution >= 4 is 23.2 Å². The van der Waals surface area contributed by atoms with Crippen LogP contribution in [0.4, 0.5) is 5.82 Å². The number of morpholine rings is 1. The minimum Gasteiger partial charge on any atom is -0.378 e. The fourth-order valence-corrected chi connectivity index (χ4v) is 2.72. The number of rotatable bonds is 3. The van der Waals surface area contributed by atoms with Crippen molar-refractivity contribution in [1.82, 2.24) is 9.78 Å². The molecule has 0 unspecified atom stereocenters. The highest BCUT2D eigenvalue weighted by Crippen LogP contribution is 2.23. The number of aromatic nitrogens is 2. The van der Waals surface area contributed by atoms with Crippen LogP contribution >= 0.6 is 11.6 Å². The summed E-state index contributed by atoms with van der Waals surface area (Å²) in [5.41, 5.74) is 1.14. The van der Waals surface area contributed by atoms with Gasteiger partial charge in [-0.05, 0) is 18.2 Å². The maximum Gasteiger partial charge on any atom is 0.212 e. The second-order valence-electron chi connectivity index (χ2n) is 5.25. The highest BCUT2D eigenvalue weighted by atomic mass is 35.5. The van der Waals surface area contributed by atoms with Gasteiger partial charge in [-0.1, -0.05) is 11.6 Å². The fraction of sp³-hybridized carbons (Fsp3) is 0.312. The van der Waals surface area contributed by atoms with Gasteiger partial charge in [0.15, 0.2) is 5.82 Å². The van der Waals surface area contributed by atoms with E-state index in [0.29, 0.717) is 35.1 Å². The van der Waals surface area contributed by atoms with Crippen LogP contribution in [0.15, 0.2) is 24.3 Å². The first-order valence-corrected chi connectivity index (χ1v) is 7.59. The van der Waals surface area contributed by atoms with Gasteiger partial charge in [0.1, 0.15) is 5.69 Å². The Hall–Kier alpha value is -2.36. The van der Waals surface area contributed by atoms with E-state index in [1.165, 1.54) is 6.07 Å². The maximum atomic E-state index is 12.8. The zero-order valence-corrected chi connectivity index (χ0v) is 13.4. The summed E-state index contributed by atoms with van der Waals surface area (Å²) in [4.78, 5) is 14.8. The van der Waals surface area contributed by atoms with Gasteiger partial charge in [0.2, 0.25) is 5.78 Å². The number of hydrogen-bond donors (Lipinski definition) is 0. The zero-order valence-electron chi connectivity index (χ0n) is 12.6. The lowest BCUT2D eigenvalue weighted by atomic mass is 10.1. The number of nitrogens with zero attached hydrogens (tertiary/aromatic N) is 4. The van der Waals surface area contributed by atoms with Gasteiger partial charge in [0.05, 0.1) is 29.9 Å². The van der Waals surface area contributed by atoms with E-state index in [4.69, 9.17) is 21.6 Å². The van der Waals surface area contributed by atoms with Gasteiger partial charge >= 0.3 is 0 Å². The number of hydrogen-bond acceptors (Lipinski definition) is 5. The molecule has 2 heterocycles. The number of nitriles is 1. The number of carbonyl (C=O) groups excluding carboxylic acids is 1. The molecule has 0 radical (unpaired) electrons. The molecule has 23 heavy (non-hydrogen) atoms. The van der Waals surface area contributed by atoms with Crippen molar-refractivity contribution in [3.05, 3.63) is 46.1 Å². The molecule has 2 aromatic rings. The van der Waals surface area contributed by atoms with Crippen molar-refractivity contribution in [2.45, 2.75) is 0 Å². The largest absolute Gasteiger partial charge is 0.378 e. The molecule has 1 aliphatic rings. The summed E-state index contributed by atoms with van der Waals surface area (Å²) in [5.74, 6) is 0.494. The number of benzene rings is 1. The van der Waals surface area contributed by atoms with Crippen LogP contribution in [0.1, 0.15) is 21.6 Å². The average molecular weight is 331 g/mol. The van der Waals surface area contributed by atoms with Crippen LogP contribution in [0.5, 0.6) is 0 Å². The van der Waals surface area contributed by atoms with Crippen molar-refractivity contribution in [2.75, 3.05) is 31.2 Å². The van der Waals surface area contributed by atoms with Crippen LogP contribution in [-0.2, 0) is 11.8 Å². The Morgan fingerprint density at radius 3 is 2.78 bits per heavy atom. The van der Waals surface area contributed by atoms with Crippen LogP contribution in [-0.4, -0.2) is 41.9 Å². The first-order chi connectivity index (χ1) is 11.1. The molecule has 3 rings (SSSR count). The third-order valence-corrected chi connectivity index (χ3v) is 4.10. The van der Waals surface area contributed by atoms with E-state index in [1.54, 1.807) is 29.9 Å². The molecule has 0 N–H and O–H groups in total. The third-order valence-electron chi connectivity index (χ3n) is 3.77. The lowest BCUT2D eigenvalue weighted by Gasteiger charge is -2.26. The van der Waals surface area contributed by atoms with Gasteiger partial charge in [-0.25, -0.2) is 0 Å². The quantitative estimate of drug-likeness (QED) is 0.805. The monoisotopic (exact) mass is 330 g/mol. The Morgan fingerprint density at radius 1 is 1.35 bits per heavy atom. The topological polar surface area (TPSA) is 71.2 Å². The molecule has 1 fully saturated rings. The number of anilines is 1. The van der Waals surface area contributed by atoms with Crippen molar-refractivity contribution in [2.24, 2.45) is 7.05 Å². The first kappa shape index (κ1) is 15.5. The molecule has 0 spiro atoms. The van der Waals surface area contributed by atoms with Crippen molar-refractivity contribution in [3.8, 4) is 6.07 Å². The van der Waals surface area contributed by atoms with E-state index in [-0.39, 0.29) is 5.78 Å². The molecule has 1 aromatic heterocycles. The molecule has 0 amide bonds. The Morgan fingerprint density at radius 2 is 2.09 bits per heavy atom. The second kappa shape index (κ2) is 6.41. The van der Waals surface area contributed by atoms with E-state index >= 15 is 0 Å². The Bertz CT molecular complexity index is 788. The third kappa shape index (κ3) is 3.07. The zero-order chi connectivity index (χ0) is 16.4. The van der Waals surface area contributed by atoms with Crippen molar-refractivity contribution in [3.63, 3.8) is 0 Å². The van der Waals surface area contributed by atoms with Crippen LogP contribution in [0.25, 0.3) is 0 Å². The smallest absolute Gasteiger partial charge is 0.212 e. The lowest BCUT2D eigenvalue weighted by molar-refractivity contribution is 0.103. The highest BCUT2D eigenvalue weighted by Gasteiger charge is 2.21. The van der Waals surface area contributed by atoms with Crippen molar-refractivity contribution in [1.29, 1.82) is 5.26 Å². The highest BCUT2D eigenvalue weighted by molar-refractivity contribution is 6.35. The molecule has 1 saturated heterocycles. The maximum absolute atomic E-state index is 12.8. The summed E-state index contributed by atoms with van der Waals surface area (Å²) in [6.07, 6.45) is 0. The first-order valence-electron chi connectivity index (χ1n) is 7.21. The summed E-state index contributed by atoms with van der Waals surface area (Å²) in [6.45, 7) is 2.79. The predicted molar refractivity (Wildman–Crippen MR) is 85.8 cm³/mol. The van der Waals surface area contributed by atoms with Gasteiger partial charge < -0.3 is 9.64 Å². The summed E-state index contributed by atoms with van der Waals surface area (Å²) < 4.78 is 6.87. The van der Waals surface area contributed by atoms with Crippen LogP contribution in [0, 0.1) is 11.3 Å².